The summed E-state index contributed by atoms with van der Waals surface area (Å²) in [7, 11) is -2.97. The van der Waals surface area contributed by atoms with Gasteiger partial charge in [0.2, 0.25) is 0 Å². The van der Waals surface area contributed by atoms with Gasteiger partial charge in [0, 0.05) is 22.4 Å². The van der Waals surface area contributed by atoms with E-state index in [0.717, 1.165) is 20.8 Å². The Bertz CT molecular complexity index is 1100. The minimum Gasteiger partial charge on any atom is -0.309 e. The molecule has 0 aliphatic rings. The molecule has 1 N–H and O–H groups in total. The second-order valence-corrected chi connectivity index (χ2v) is 10.8. The van der Waals surface area contributed by atoms with Gasteiger partial charge in [-0.25, -0.2) is 13.4 Å². The molecule has 0 aliphatic heterocycles. The lowest BCUT2D eigenvalue weighted by atomic mass is 10.0. The zero-order valence-electron chi connectivity index (χ0n) is 14.8. The zero-order valence-corrected chi connectivity index (χ0v) is 17.3. The zero-order chi connectivity index (χ0) is 18.9. The largest absolute Gasteiger partial charge is 0.309 e. The molecule has 8 heteroatoms. The Morgan fingerprint density at radius 2 is 1.88 bits per heavy atom. The molecule has 0 atom stereocenters. The number of thiophene rings is 1. The number of benzene rings is 1. The van der Waals surface area contributed by atoms with Gasteiger partial charge in [0.25, 0.3) is 5.56 Å². The highest BCUT2D eigenvalue weighted by Gasteiger charge is 2.16. The monoisotopic (exact) mass is 408 g/mol. The van der Waals surface area contributed by atoms with Gasteiger partial charge in [-0.15, -0.1) is 11.3 Å². The van der Waals surface area contributed by atoms with Crippen molar-refractivity contribution in [1.29, 1.82) is 0 Å². The van der Waals surface area contributed by atoms with Crippen LogP contribution < -0.4 is 5.56 Å². The summed E-state index contributed by atoms with van der Waals surface area (Å²) in [6.45, 7) is 4.03. The van der Waals surface area contributed by atoms with Gasteiger partial charge >= 0.3 is 0 Å². The van der Waals surface area contributed by atoms with Crippen LogP contribution in [0.25, 0.3) is 21.3 Å². The maximum Gasteiger partial charge on any atom is 0.260 e. The molecule has 3 aromatic rings. The van der Waals surface area contributed by atoms with Crippen LogP contribution in [0.2, 0.25) is 0 Å². The van der Waals surface area contributed by atoms with Crippen LogP contribution in [-0.2, 0) is 15.6 Å². The number of aromatic nitrogens is 2. The SMILES string of the molecule is Cc1ccc(-c2c(C)sc3nc(CSCCS(C)(=O)=O)[nH]c(=O)c23)cc1. The molecular weight excluding hydrogens is 388 g/mol. The van der Waals surface area contributed by atoms with E-state index in [1.165, 1.54) is 34.9 Å². The quantitative estimate of drug-likeness (QED) is 0.631. The van der Waals surface area contributed by atoms with Crippen molar-refractivity contribution in [2.24, 2.45) is 0 Å². The van der Waals surface area contributed by atoms with E-state index in [4.69, 9.17) is 0 Å². The molecule has 2 heterocycles. The van der Waals surface area contributed by atoms with Gasteiger partial charge in [0.05, 0.1) is 16.9 Å². The highest BCUT2D eigenvalue weighted by atomic mass is 32.2. The number of hydrogen-bond donors (Lipinski definition) is 1. The van der Waals surface area contributed by atoms with Gasteiger partial charge < -0.3 is 4.98 Å². The molecule has 0 saturated heterocycles. The lowest BCUT2D eigenvalue weighted by Crippen LogP contribution is -2.11. The van der Waals surface area contributed by atoms with Crippen molar-refractivity contribution in [3.05, 3.63) is 50.9 Å². The van der Waals surface area contributed by atoms with Crippen molar-refractivity contribution in [3.63, 3.8) is 0 Å². The Balaban J connectivity index is 1.91. The minimum atomic E-state index is -2.97. The number of aromatic amines is 1. The number of thioether (sulfide) groups is 1. The third-order valence-electron chi connectivity index (χ3n) is 3.96. The number of nitrogens with one attached hydrogen (secondary N) is 1. The molecule has 3 rings (SSSR count). The van der Waals surface area contributed by atoms with Gasteiger partial charge in [-0.2, -0.15) is 11.8 Å². The fourth-order valence-electron chi connectivity index (χ4n) is 2.68. The van der Waals surface area contributed by atoms with Crippen LogP contribution in [0.1, 0.15) is 16.3 Å². The predicted octanol–water partition coefficient (Wildman–Crippen LogP) is 3.55. The molecule has 0 unspecified atom stereocenters. The molecule has 0 amide bonds. The van der Waals surface area contributed by atoms with Crippen LogP contribution >= 0.6 is 23.1 Å². The van der Waals surface area contributed by atoms with Crippen molar-refractivity contribution >= 4 is 43.2 Å². The minimum absolute atomic E-state index is 0.125. The second-order valence-electron chi connectivity index (χ2n) is 6.27. The molecule has 2 aromatic heterocycles. The third-order valence-corrected chi connectivity index (χ3v) is 7.14. The summed E-state index contributed by atoms with van der Waals surface area (Å²) in [6, 6.07) is 8.12. The fraction of sp³-hybridized carbons (Fsp3) is 0.333. The van der Waals surface area contributed by atoms with E-state index < -0.39 is 9.84 Å². The van der Waals surface area contributed by atoms with Crippen LogP contribution in [0, 0.1) is 13.8 Å². The van der Waals surface area contributed by atoms with Crippen LogP contribution in [0.4, 0.5) is 0 Å². The Labute approximate surface area is 160 Å². The van der Waals surface area contributed by atoms with E-state index in [-0.39, 0.29) is 11.3 Å². The smallest absolute Gasteiger partial charge is 0.260 e. The Kier molecular flexibility index (Phi) is 5.55. The Hall–Kier alpha value is -1.64. The molecule has 0 aliphatic carbocycles. The maximum absolute atomic E-state index is 12.7. The highest BCUT2D eigenvalue weighted by Crippen LogP contribution is 2.35. The van der Waals surface area contributed by atoms with Crippen molar-refractivity contribution in [2.75, 3.05) is 17.8 Å². The molecular formula is C18H20N2O3S3. The van der Waals surface area contributed by atoms with E-state index in [1.54, 1.807) is 0 Å². The van der Waals surface area contributed by atoms with Gasteiger partial charge in [-0.3, -0.25) is 4.79 Å². The summed E-state index contributed by atoms with van der Waals surface area (Å²) in [5.74, 6) is 1.67. The van der Waals surface area contributed by atoms with E-state index in [2.05, 4.69) is 9.97 Å². The van der Waals surface area contributed by atoms with Crippen LogP contribution in [-0.4, -0.2) is 36.1 Å². The van der Waals surface area contributed by atoms with Gasteiger partial charge in [0.1, 0.15) is 20.5 Å². The lowest BCUT2D eigenvalue weighted by molar-refractivity contribution is 0.603. The topological polar surface area (TPSA) is 79.9 Å². The number of H-pyrrole nitrogens is 1. The van der Waals surface area contributed by atoms with Gasteiger partial charge in [-0.1, -0.05) is 29.8 Å². The molecule has 0 fully saturated rings. The molecule has 26 heavy (non-hydrogen) atoms. The first kappa shape index (κ1) is 19.1. The average molecular weight is 409 g/mol. The predicted molar refractivity (Wildman–Crippen MR) is 111 cm³/mol. The Morgan fingerprint density at radius 3 is 2.54 bits per heavy atom. The number of hydrogen-bond acceptors (Lipinski definition) is 6. The molecule has 0 spiro atoms. The summed E-state index contributed by atoms with van der Waals surface area (Å²) in [6.07, 6.45) is 1.22. The number of rotatable bonds is 6. The summed E-state index contributed by atoms with van der Waals surface area (Å²) in [5, 5.41) is 0.626. The first-order valence-corrected chi connectivity index (χ1v) is 12.1. The van der Waals surface area contributed by atoms with Crippen LogP contribution in [0.15, 0.2) is 29.1 Å². The number of sulfone groups is 1. The summed E-state index contributed by atoms with van der Waals surface area (Å²) >= 11 is 2.97. The van der Waals surface area contributed by atoms with E-state index in [9.17, 15) is 13.2 Å². The highest BCUT2D eigenvalue weighted by molar-refractivity contribution is 7.99. The third kappa shape index (κ3) is 4.36. The first-order valence-electron chi connectivity index (χ1n) is 8.09. The van der Waals surface area contributed by atoms with E-state index in [0.29, 0.717) is 22.7 Å². The molecule has 0 radical (unpaired) electrons. The number of fused-ring (bicyclic) bond motifs is 1. The Morgan fingerprint density at radius 1 is 1.19 bits per heavy atom. The van der Waals surface area contributed by atoms with Crippen molar-refractivity contribution in [3.8, 4) is 11.1 Å². The summed E-state index contributed by atoms with van der Waals surface area (Å²) in [4.78, 5) is 21.9. The first-order chi connectivity index (χ1) is 12.2. The van der Waals surface area contributed by atoms with E-state index >= 15 is 0 Å². The second kappa shape index (κ2) is 7.54. The van der Waals surface area contributed by atoms with Crippen molar-refractivity contribution < 1.29 is 8.42 Å². The van der Waals surface area contributed by atoms with E-state index in [1.807, 2.05) is 38.1 Å². The molecule has 0 bridgehead atoms. The number of nitrogens with zero attached hydrogens (tertiary/aromatic N) is 1. The maximum atomic E-state index is 12.7. The van der Waals surface area contributed by atoms with Crippen LogP contribution in [0.5, 0.6) is 0 Å². The van der Waals surface area contributed by atoms with Crippen LogP contribution in [0.3, 0.4) is 0 Å². The lowest BCUT2D eigenvalue weighted by Gasteiger charge is -2.04. The fourth-order valence-corrected chi connectivity index (χ4v) is 5.90. The van der Waals surface area contributed by atoms with Gasteiger partial charge in [-0.05, 0) is 19.4 Å². The molecule has 0 saturated carbocycles. The molecule has 138 valence electrons. The molecule has 1 aromatic carbocycles. The molecule has 5 nitrogen and oxygen atoms in total. The average Bonchev–Trinajstić information content (AvgIpc) is 2.88. The van der Waals surface area contributed by atoms with Gasteiger partial charge in [0.15, 0.2) is 0 Å². The number of aryl methyl sites for hydroxylation is 2. The summed E-state index contributed by atoms with van der Waals surface area (Å²) < 4.78 is 22.4. The van der Waals surface area contributed by atoms with Crippen molar-refractivity contribution in [1.82, 2.24) is 9.97 Å². The van der Waals surface area contributed by atoms with Crippen molar-refractivity contribution in [2.45, 2.75) is 19.6 Å². The normalized spacial score (nSPS) is 12.0. The standard InChI is InChI=1S/C18H20N2O3S3/c1-11-4-6-13(7-5-11)15-12(2)25-18-16(15)17(21)19-14(20-18)10-24-8-9-26(3,22)23/h4-7H,8-10H2,1-3H3,(H,19,20,21). The summed E-state index contributed by atoms with van der Waals surface area (Å²) in [5.41, 5.74) is 2.98.